The summed E-state index contributed by atoms with van der Waals surface area (Å²) in [6.45, 7) is 1.50. The van der Waals surface area contributed by atoms with Crippen molar-refractivity contribution in [2.24, 2.45) is 0 Å². The van der Waals surface area contributed by atoms with Crippen LogP contribution in [0.25, 0.3) is 0 Å². The standard InChI is InChI=1S/C9H11FN2O5/c1-3-5(13)6(14)8(17-3)12-2-4(10)7(15)11-9(12)16/h2-3,5-6,8,13-14H,1H3,(H,11,15,16)/t3-,5-,6?,8-/m1/s1. The molecule has 94 valence electrons. The molecule has 0 spiro atoms. The maximum atomic E-state index is 13.0. The fourth-order valence-electron chi connectivity index (χ4n) is 1.71. The summed E-state index contributed by atoms with van der Waals surface area (Å²) in [6.07, 6.45) is -3.83. The second kappa shape index (κ2) is 4.06. The van der Waals surface area contributed by atoms with Crippen molar-refractivity contribution in [1.82, 2.24) is 9.55 Å². The number of H-pyrrole nitrogens is 1. The fraction of sp³-hybridized carbons (Fsp3) is 0.556. The quantitative estimate of drug-likeness (QED) is 0.548. The number of aromatic nitrogens is 2. The summed E-state index contributed by atoms with van der Waals surface area (Å²) in [5.74, 6) is -1.17. The number of nitrogens with one attached hydrogen (secondary N) is 1. The lowest BCUT2D eigenvalue weighted by Crippen LogP contribution is -2.38. The first kappa shape index (κ1) is 12.0. The van der Waals surface area contributed by atoms with Gasteiger partial charge in [0.05, 0.1) is 12.3 Å². The molecule has 17 heavy (non-hydrogen) atoms. The predicted molar refractivity (Wildman–Crippen MR) is 52.9 cm³/mol. The summed E-state index contributed by atoms with van der Waals surface area (Å²) in [6, 6.07) is 0. The van der Waals surface area contributed by atoms with Crippen LogP contribution >= 0.6 is 0 Å². The fourth-order valence-corrected chi connectivity index (χ4v) is 1.71. The number of ether oxygens (including phenoxy) is 1. The largest absolute Gasteiger partial charge is 0.388 e. The van der Waals surface area contributed by atoms with Crippen LogP contribution in [0.2, 0.25) is 0 Å². The molecule has 2 rings (SSSR count). The molecule has 0 bridgehead atoms. The number of hydrogen-bond donors (Lipinski definition) is 3. The third kappa shape index (κ3) is 1.90. The van der Waals surface area contributed by atoms with Gasteiger partial charge in [-0.05, 0) is 6.92 Å². The van der Waals surface area contributed by atoms with Crippen molar-refractivity contribution < 1.29 is 19.3 Å². The van der Waals surface area contributed by atoms with Crippen molar-refractivity contribution >= 4 is 0 Å². The number of halogens is 1. The van der Waals surface area contributed by atoms with Crippen molar-refractivity contribution in [3.63, 3.8) is 0 Å². The number of aliphatic hydroxyl groups excluding tert-OH is 2. The molecule has 0 saturated carbocycles. The van der Waals surface area contributed by atoms with Crippen LogP contribution in [0.4, 0.5) is 4.39 Å². The summed E-state index contributed by atoms with van der Waals surface area (Å²) < 4.78 is 18.9. The van der Waals surface area contributed by atoms with Gasteiger partial charge in [0.25, 0.3) is 5.56 Å². The number of hydrogen-bond acceptors (Lipinski definition) is 5. The first-order valence-electron chi connectivity index (χ1n) is 4.94. The van der Waals surface area contributed by atoms with Gasteiger partial charge in [-0.25, -0.2) is 4.79 Å². The normalized spacial score (nSPS) is 32.9. The molecule has 4 atom stereocenters. The molecule has 8 heteroatoms. The van der Waals surface area contributed by atoms with E-state index in [2.05, 4.69) is 0 Å². The molecule has 0 amide bonds. The van der Waals surface area contributed by atoms with Gasteiger partial charge < -0.3 is 14.9 Å². The topological polar surface area (TPSA) is 105 Å². The highest BCUT2D eigenvalue weighted by Gasteiger charge is 2.41. The van der Waals surface area contributed by atoms with E-state index < -0.39 is 41.6 Å². The highest BCUT2D eigenvalue weighted by atomic mass is 19.1. The maximum absolute atomic E-state index is 13.0. The molecule has 1 saturated heterocycles. The lowest BCUT2D eigenvalue weighted by Gasteiger charge is -2.16. The number of nitrogens with zero attached hydrogens (tertiary/aromatic N) is 1. The third-order valence-electron chi connectivity index (χ3n) is 2.68. The molecule has 2 heterocycles. The van der Waals surface area contributed by atoms with Crippen LogP contribution in [0.5, 0.6) is 0 Å². The van der Waals surface area contributed by atoms with E-state index in [0.717, 1.165) is 0 Å². The zero-order valence-corrected chi connectivity index (χ0v) is 8.83. The molecule has 0 radical (unpaired) electrons. The molecular weight excluding hydrogens is 235 g/mol. The van der Waals surface area contributed by atoms with Gasteiger partial charge >= 0.3 is 5.69 Å². The van der Waals surface area contributed by atoms with Crippen LogP contribution in [-0.4, -0.2) is 38.1 Å². The zero-order chi connectivity index (χ0) is 12.7. The van der Waals surface area contributed by atoms with Gasteiger partial charge in [-0.2, -0.15) is 4.39 Å². The van der Waals surface area contributed by atoms with Crippen molar-refractivity contribution in [2.75, 3.05) is 0 Å². The van der Waals surface area contributed by atoms with Crippen LogP contribution in [0.3, 0.4) is 0 Å². The Kier molecular flexibility index (Phi) is 2.86. The van der Waals surface area contributed by atoms with Gasteiger partial charge in [0, 0.05) is 0 Å². The second-order valence-corrected chi connectivity index (χ2v) is 3.86. The Labute approximate surface area is 94.1 Å². The van der Waals surface area contributed by atoms with Gasteiger partial charge in [0.2, 0.25) is 5.82 Å². The summed E-state index contributed by atoms with van der Waals surface area (Å²) in [5, 5.41) is 19.1. The molecular formula is C9H11FN2O5. The predicted octanol–water partition coefficient (Wildman–Crippen LogP) is -1.69. The highest BCUT2D eigenvalue weighted by Crippen LogP contribution is 2.27. The monoisotopic (exact) mass is 246 g/mol. The van der Waals surface area contributed by atoms with Crippen LogP contribution in [0, 0.1) is 5.82 Å². The van der Waals surface area contributed by atoms with Crippen molar-refractivity contribution in [2.45, 2.75) is 31.5 Å². The molecule has 1 aromatic rings. The molecule has 0 aromatic carbocycles. The minimum Gasteiger partial charge on any atom is -0.388 e. The lowest BCUT2D eigenvalue weighted by atomic mass is 10.1. The Morgan fingerprint density at radius 3 is 2.59 bits per heavy atom. The molecule has 3 N–H and O–H groups in total. The summed E-state index contributed by atoms with van der Waals surface area (Å²) >= 11 is 0. The van der Waals surface area contributed by atoms with Crippen LogP contribution < -0.4 is 11.2 Å². The summed E-state index contributed by atoms with van der Waals surface area (Å²) in [5.41, 5.74) is -2.06. The van der Waals surface area contributed by atoms with Crippen LogP contribution in [-0.2, 0) is 4.74 Å². The van der Waals surface area contributed by atoms with E-state index in [4.69, 9.17) is 4.74 Å². The van der Waals surface area contributed by atoms with E-state index in [1.54, 1.807) is 4.98 Å². The van der Waals surface area contributed by atoms with E-state index >= 15 is 0 Å². The van der Waals surface area contributed by atoms with E-state index in [-0.39, 0.29) is 0 Å². The molecule has 1 aromatic heterocycles. The Bertz CT molecular complexity index is 539. The first-order chi connectivity index (χ1) is 7.91. The number of aliphatic hydroxyl groups is 2. The molecule has 7 nitrogen and oxygen atoms in total. The van der Waals surface area contributed by atoms with Crippen molar-refractivity contribution in [3.8, 4) is 0 Å². The SMILES string of the molecule is C[C@H]1O[C@@H](n2cc(F)c(=O)[nH]c2=O)C(O)[C@@H]1O. The van der Waals surface area contributed by atoms with Gasteiger partial charge in [0.15, 0.2) is 6.23 Å². The lowest BCUT2D eigenvalue weighted by molar-refractivity contribution is -0.0356. The van der Waals surface area contributed by atoms with Gasteiger partial charge in [0.1, 0.15) is 12.2 Å². The Morgan fingerprint density at radius 2 is 2.06 bits per heavy atom. The molecule has 1 aliphatic heterocycles. The highest BCUT2D eigenvalue weighted by molar-refractivity contribution is 4.93. The minimum atomic E-state index is -1.37. The number of rotatable bonds is 1. The molecule has 1 fully saturated rings. The number of aromatic amines is 1. The van der Waals surface area contributed by atoms with Crippen LogP contribution in [0.1, 0.15) is 13.2 Å². The average molecular weight is 246 g/mol. The van der Waals surface area contributed by atoms with E-state index in [1.165, 1.54) is 6.92 Å². The zero-order valence-electron chi connectivity index (χ0n) is 8.83. The molecule has 0 aliphatic carbocycles. The Hall–Kier alpha value is -1.51. The van der Waals surface area contributed by atoms with Crippen molar-refractivity contribution in [3.05, 3.63) is 32.9 Å². The Morgan fingerprint density at radius 1 is 1.41 bits per heavy atom. The first-order valence-corrected chi connectivity index (χ1v) is 4.94. The third-order valence-corrected chi connectivity index (χ3v) is 2.68. The maximum Gasteiger partial charge on any atom is 0.330 e. The van der Waals surface area contributed by atoms with Crippen LogP contribution in [0.15, 0.2) is 15.8 Å². The Balaban J connectivity index is 2.46. The average Bonchev–Trinajstić information content (AvgIpc) is 2.51. The second-order valence-electron chi connectivity index (χ2n) is 3.86. The van der Waals surface area contributed by atoms with Gasteiger partial charge in [-0.1, -0.05) is 0 Å². The molecule has 1 unspecified atom stereocenters. The van der Waals surface area contributed by atoms with E-state index in [1.807, 2.05) is 0 Å². The molecule has 1 aliphatic rings. The van der Waals surface area contributed by atoms with Gasteiger partial charge in [-0.15, -0.1) is 0 Å². The minimum absolute atomic E-state index is 0.639. The van der Waals surface area contributed by atoms with E-state index in [0.29, 0.717) is 10.8 Å². The summed E-state index contributed by atoms with van der Waals surface area (Å²) in [7, 11) is 0. The van der Waals surface area contributed by atoms with E-state index in [9.17, 15) is 24.2 Å². The summed E-state index contributed by atoms with van der Waals surface area (Å²) in [4.78, 5) is 24.0. The van der Waals surface area contributed by atoms with Gasteiger partial charge in [-0.3, -0.25) is 14.3 Å². The van der Waals surface area contributed by atoms with Crippen molar-refractivity contribution in [1.29, 1.82) is 0 Å². The smallest absolute Gasteiger partial charge is 0.330 e.